The average molecular weight is 371 g/mol. The van der Waals surface area contributed by atoms with Crippen LogP contribution in [0.15, 0.2) is 24.3 Å². The molecule has 3 atom stereocenters. The third-order valence-electron chi connectivity index (χ3n) is 4.30. The second kappa shape index (κ2) is 7.63. The van der Waals surface area contributed by atoms with Crippen LogP contribution in [-0.2, 0) is 0 Å². The first kappa shape index (κ1) is 15.3. The first-order valence-electron chi connectivity index (χ1n) is 7.70. The van der Waals surface area contributed by atoms with Crippen molar-refractivity contribution in [1.82, 2.24) is 5.32 Å². The Bertz CT molecular complexity index is 391. The smallest absolute Gasteiger partial charge is 0.0359 e. The Balaban J connectivity index is 2.17. The minimum absolute atomic E-state index is 0.552. The number of rotatable bonds is 5. The fourth-order valence-corrected chi connectivity index (χ4v) is 4.06. The highest BCUT2D eigenvalue weighted by atomic mass is 127. The molecule has 0 radical (unpaired) electrons. The first-order chi connectivity index (χ1) is 9.22. The molecule has 3 unspecified atom stereocenters. The van der Waals surface area contributed by atoms with Crippen LogP contribution in [0.25, 0.3) is 0 Å². The van der Waals surface area contributed by atoms with Crippen LogP contribution in [0.5, 0.6) is 0 Å². The summed E-state index contributed by atoms with van der Waals surface area (Å²) in [6.07, 6.45) is 6.80. The standard InChI is InChI=1S/C17H26IN/c1-3-11-19-17(14-8-6-7-13(2)12-14)15-9-4-5-10-16(15)18/h4-5,9-10,13-14,17,19H,3,6-8,11-12H2,1-2H3. The molecule has 1 N–H and O–H groups in total. The highest BCUT2D eigenvalue weighted by Crippen LogP contribution is 2.38. The molecule has 0 spiro atoms. The first-order valence-corrected chi connectivity index (χ1v) is 8.78. The lowest BCUT2D eigenvalue weighted by Crippen LogP contribution is -2.32. The third kappa shape index (κ3) is 4.19. The van der Waals surface area contributed by atoms with Crippen LogP contribution in [-0.4, -0.2) is 6.54 Å². The van der Waals surface area contributed by atoms with Crippen LogP contribution < -0.4 is 5.32 Å². The van der Waals surface area contributed by atoms with Crippen molar-refractivity contribution >= 4 is 22.6 Å². The van der Waals surface area contributed by atoms with Crippen molar-refractivity contribution in [2.24, 2.45) is 11.8 Å². The van der Waals surface area contributed by atoms with Crippen LogP contribution in [0.2, 0.25) is 0 Å². The Labute approximate surface area is 131 Å². The lowest BCUT2D eigenvalue weighted by atomic mass is 9.76. The minimum atomic E-state index is 0.552. The number of hydrogen-bond acceptors (Lipinski definition) is 1. The molecule has 0 bridgehead atoms. The summed E-state index contributed by atoms with van der Waals surface area (Å²) in [5.74, 6) is 1.71. The molecular weight excluding hydrogens is 345 g/mol. The fraction of sp³-hybridized carbons (Fsp3) is 0.647. The molecule has 1 aromatic carbocycles. The molecule has 1 nitrogen and oxygen atoms in total. The van der Waals surface area contributed by atoms with Gasteiger partial charge in [-0.05, 0) is 71.9 Å². The number of nitrogens with one attached hydrogen (secondary N) is 1. The Morgan fingerprint density at radius 3 is 2.79 bits per heavy atom. The van der Waals surface area contributed by atoms with Crippen LogP contribution in [0, 0.1) is 15.4 Å². The zero-order valence-corrected chi connectivity index (χ0v) is 14.3. The van der Waals surface area contributed by atoms with Crippen molar-refractivity contribution in [2.75, 3.05) is 6.54 Å². The van der Waals surface area contributed by atoms with Gasteiger partial charge in [-0.15, -0.1) is 0 Å². The van der Waals surface area contributed by atoms with Crippen molar-refractivity contribution < 1.29 is 0 Å². The molecule has 0 aliphatic heterocycles. The second-order valence-corrected chi connectivity index (χ2v) is 7.15. The van der Waals surface area contributed by atoms with Gasteiger partial charge in [0.2, 0.25) is 0 Å². The van der Waals surface area contributed by atoms with Gasteiger partial charge in [0.15, 0.2) is 0 Å². The highest BCUT2D eigenvalue weighted by molar-refractivity contribution is 14.1. The van der Waals surface area contributed by atoms with Gasteiger partial charge in [-0.1, -0.05) is 44.9 Å². The second-order valence-electron chi connectivity index (χ2n) is 5.99. The lowest BCUT2D eigenvalue weighted by molar-refractivity contribution is 0.223. The van der Waals surface area contributed by atoms with Gasteiger partial charge < -0.3 is 5.32 Å². The molecule has 1 aromatic rings. The highest BCUT2D eigenvalue weighted by Gasteiger charge is 2.28. The van der Waals surface area contributed by atoms with E-state index >= 15 is 0 Å². The molecule has 2 rings (SSSR count). The maximum Gasteiger partial charge on any atom is 0.0359 e. The summed E-state index contributed by atoms with van der Waals surface area (Å²) in [5.41, 5.74) is 1.51. The lowest BCUT2D eigenvalue weighted by Gasteiger charge is -2.34. The Morgan fingerprint density at radius 2 is 2.11 bits per heavy atom. The predicted octanol–water partition coefficient (Wildman–Crippen LogP) is 5.16. The molecule has 2 heteroatoms. The summed E-state index contributed by atoms with van der Waals surface area (Å²) in [5, 5.41) is 3.81. The molecule has 1 fully saturated rings. The van der Waals surface area contributed by atoms with Gasteiger partial charge in [0.25, 0.3) is 0 Å². The van der Waals surface area contributed by atoms with Gasteiger partial charge in [-0.2, -0.15) is 0 Å². The molecule has 0 amide bonds. The summed E-state index contributed by atoms with van der Waals surface area (Å²) >= 11 is 2.49. The molecule has 1 aliphatic carbocycles. The summed E-state index contributed by atoms with van der Waals surface area (Å²) in [6.45, 7) is 5.79. The van der Waals surface area contributed by atoms with Crippen molar-refractivity contribution in [3.63, 3.8) is 0 Å². The Morgan fingerprint density at radius 1 is 1.32 bits per heavy atom. The molecule has 1 aliphatic rings. The summed E-state index contributed by atoms with van der Waals surface area (Å²) in [4.78, 5) is 0. The van der Waals surface area contributed by atoms with Crippen molar-refractivity contribution in [2.45, 2.75) is 52.0 Å². The van der Waals surface area contributed by atoms with E-state index in [1.54, 1.807) is 0 Å². The van der Waals surface area contributed by atoms with E-state index in [1.165, 1.54) is 41.2 Å². The SMILES string of the molecule is CCCNC(c1ccccc1I)C1CCCC(C)C1. The van der Waals surface area contributed by atoms with Crippen molar-refractivity contribution in [1.29, 1.82) is 0 Å². The minimum Gasteiger partial charge on any atom is -0.310 e. The summed E-state index contributed by atoms with van der Waals surface area (Å²) in [7, 11) is 0. The number of hydrogen-bond donors (Lipinski definition) is 1. The molecule has 19 heavy (non-hydrogen) atoms. The molecule has 0 saturated heterocycles. The van der Waals surface area contributed by atoms with E-state index in [4.69, 9.17) is 0 Å². The largest absolute Gasteiger partial charge is 0.310 e. The Hall–Kier alpha value is -0.0900. The normalized spacial score (nSPS) is 25.2. The predicted molar refractivity (Wildman–Crippen MR) is 91.3 cm³/mol. The molecule has 0 heterocycles. The van der Waals surface area contributed by atoms with Gasteiger partial charge >= 0.3 is 0 Å². The van der Waals surface area contributed by atoms with Gasteiger partial charge in [0.1, 0.15) is 0 Å². The van der Waals surface area contributed by atoms with E-state index in [-0.39, 0.29) is 0 Å². The molecule has 106 valence electrons. The molecule has 0 aromatic heterocycles. The average Bonchev–Trinajstić information content (AvgIpc) is 2.41. The van der Waals surface area contributed by atoms with E-state index in [9.17, 15) is 0 Å². The van der Waals surface area contributed by atoms with E-state index in [2.05, 4.69) is 66.0 Å². The molecule has 1 saturated carbocycles. The van der Waals surface area contributed by atoms with Gasteiger partial charge in [0, 0.05) is 9.61 Å². The zero-order chi connectivity index (χ0) is 13.7. The van der Waals surface area contributed by atoms with Gasteiger partial charge in [-0.3, -0.25) is 0 Å². The number of halogens is 1. The van der Waals surface area contributed by atoms with Crippen LogP contribution >= 0.6 is 22.6 Å². The fourth-order valence-electron chi connectivity index (χ4n) is 3.34. The van der Waals surface area contributed by atoms with E-state index in [0.29, 0.717) is 6.04 Å². The van der Waals surface area contributed by atoms with Crippen LogP contribution in [0.3, 0.4) is 0 Å². The number of benzene rings is 1. The third-order valence-corrected chi connectivity index (χ3v) is 5.29. The summed E-state index contributed by atoms with van der Waals surface area (Å²) < 4.78 is 1.41. The van der Waals surface area contributed by atoms with Crippen molar-refractivity contribution in [3.05, 3.63) is 33.4 Å². The quantitative estimate of drug-likeness (QED) is 0.705. The van der Waals surface area contributed by atoms with Crippen LogP contribution in [0.4, 0.5) is 0 Å². The zero-order valence-electron chi connectivity index (χ0n) is 12.2. The maximum absolute atomic E-state index is 3.81. The van der Waals surface area contributed by atoms with E-state index < -0.39 is 0 Å². The molecular formula is C17H26IN. The van der Waals surface area contributed by atoms with Gasteiger partial charge in [0.05, 0.1) is 0 Å². The van der Waals surface area contributed by atoms with E-state index in [1.807, 2.05) is 0 Å². The summed E-state index contributed by atoms with van der Waals surface area (Å²) in [6, 6.07) is 9.43. The van der Waals surface area contributed by atoms with E-state index in [0.717, 1.165) is 18.4 Å². The Kier molecular flexibility index (Phi) is 6.14. The maximum atomic E-state index is 3.81. The van der Waals surface area contributed by atoms with Crippen molar-refractivity contribution in [3.8, 4) is 0 Å². The van der Waals surface area contributed by atoms with Crippen LogP contribution in [0.1, 0.15) is 57.6 Å². The van der Waals surface area contributed by atoms with Gasteiger partial charge in [-0.25, -0.2) is 0 Å². The topological polar surface area (TPSA) is 12.0 Å². The monoisotopic (exact) mass is 371 g/mol.